The SMILES string of the molecule is Cc1ccc(C=CCC(=O)NCC(C)(O)c2cccs2)cc1. The normalized spacial score (nSPS) is 14.0. The quantitative estimate of drug-likeness (QED) is 0.857. The Hall–Kier alpha value is -1.91. The summed E-state index contributed by atoms with van der Waals surface area (Å²) in [6, 6.07) is 11.9. The van der Waals surface area contributed by atoms with Gasteiger partial charge in [0.05, 0.1) is 6.54 Å². The summed E-state index contributed by atoms with van der Waals surface area (Å²) in [5, 5.41) is 15.0. The molecule has 0 bridgehead atoms. The van der Waals surface area contributed by atoms with Gasteiger partial charge in [0, 0.05) is 11.3 Å². The van der Waals surface area contributed by atoms with E-state index in [1.54, 1.807) is 6.92 Å². The minimum Gasteiger partial charge on any atom is -0.383 e. The molecule has 1 aromatic carbocycles. The Morgan fingerprint density at radius 2 is 2.05 bits per heavy atom. The molecule has 1 aromatic heterocycles. The first kappa shape index (κ1) is 16.5. The van der Waals surface area contributed by atoms with Crippen molar-refractivity contribution in [2.24, 2.45) is 0 Å². The number of aryl methyl sites for hydroxylation is 1. The molecule has 0 fully saturated rings. The number of carbonyl (C=O) groups is 1. The van der Waals surface area contributed by atoms with Crippen LogP contribution in [0.1, 0.15) is 29.3 Å². The fraction of sp³-hybridized carbons (Fsp3) is 0.278. The Morgan fingerprint density at radius 3 is 2.68 bits per heavy atom. The monoisotopic (exact) mass is 315 g/mol. The smallest absolute Gasteiger partial charge is 0.223 e. The van der Waals surface area contributed by atoms with Crippen LogP contribution in [0.5, 0.6) is 0 Å². The van der Waals surface area contributed by atoms with Crippen LogP contribution in [0.3, 0.4) is 0 Å². The average Bonchev–Trinajstić information content (AvgIpc) is 3.02. The minimum absolute atomic E-state index is 0.0970. The molecule has 0 aliphatic rings. The largest absolute Gasteiger partial charge is 0.383 e. The molecule has 4 heteroatoms. The van der Waals surface area contributed by atoms with Gasteiger partial charge < -0.3 is 10.4 Å². The van der Waals surface area contributed by atoms with Gasteiger partial charge in [-0.05, 0) is 30.9 Å². The summed E-state index contributed by atoms with van der Waals surface area (Å²) in [7, 11) is 0. The summed E-state index contributed by atoms with van der Waals surface area (Å²) in [5.41, 5.74) is 1.26. The molecule has 0 saturated carbocycles. The maximum Gasteiger partial charge on any atom is 0.223 e. The third-order valence-electron chi connectivity index (χ3n) is 3.37. The number of rotatable bonds is 6. The Labute approximate surface area is 135 Å². The van der Waals surface area contributed by atoms with Crippen LogP contribution in [0.4, 0.5) is 0 Å². The summed E-state index contributed by atoms with van der Waals surface area (Å²) in [5.74, 6) is -0.0970. The van der Waals surface area contributed by atoms with E-state index in [0.29, 0.717) is 6.42 Å². The number of aliphatic hydroxyl groups is 1. The summed E-state index contributed by atoms with van der Waals surface area (Å²) >= 11 is 1.48. The second-order valence-corrected chi connectivity index (χ2v) is 6.49. The molecule has 1 unspecified atom stereocenters. The molecule has 1 amide bonds. The molecule has 3 nitrogen and oxygen atoms in total. The summed E-state index contributed by atoms with van der Waals surface area (Å²) in [6.07, 6.45) is 4.06. The maximum atomic E-state index is 11.8. The molecule has 1 heterocycles. The topological polar surface area (TPSA) is 49.3 Å². The van der Waals surface area contributed by atoms with E-state index in [9.17, 15) is 9.90 Å². The Kier molecular flexibility index (Phi) is 5.52. The zero-order valence-corrected chi connectivity index (χ0v) is 13.7. The summed E-state index contributed by atoms with van der Waals surface area (Å²) in [4.78, 5) is 12.7. The number of hydrogen-bond acceptors (Lipinski definition) is 3. The van der Waals surface area contributed by atoms with Crippen molar-refractivity contribution < 1.29 is 9.90 Å². The van der Waals surface area contributed by atoms with E-state index in [1.165, 1.54) is 16.9 Å². The first-order chi connectivity index (χ1) is 10.5. The van der Waals surface area contributed by atoms with Crippen molar-refractivity contribution in [2.75, 3.05) is 6.54 Å². The van der Waals surface area contributed by atoms with E-state index >= 15 is 0 Å². The second-order valence-electron chi connectivity index (χ2n) is 5.55. The van der Waals surface area contributed by atoms with Crippen LogP contribution < -0.4 is 5.32 Å². The molecule has 2 N–H and O–H groups in total. The lowest BCUT2D eigenvalue weighted by atomic mass is 10.1. The van der Waals surface area contributed by atoms with Crippen molar-refractivity contribution in [2.45, 2.75) is 25.9 Å². The predicted molar refractivity (Wildman–Crippen MR) is 91.7 cm³/mol. The third-order valence-corrected chi connectivity index (χ3v) is 4.50. The lowest BCUT2D eigenvalue weighted by molar-refractivity contribution is -0.121. The Morgan fingerprint density at radius 1 is 1.32 bits per heavy atom. The fourth-order valence-electron chi connectivity index (χ4n) is 1.99. The van der Waals surface area contributed by atoms with Crippen LogP contribution in [0.2, 0.25) is 0 Å². The van der Waals surface area contributed by atoms with Crippen molar-refractivity contribution in [1.82, 2.24) is 5.32 Å². The van der Waals surface area contributed by atoms with Gasteiger partial charge in [0.15, 0.2) is 0 Å². The van der Waals surface area contributed by atoms with Gasteiger partial charge in [0.25, 0.3) is 0 Å². The Bertz CT molecular complexity index is 628. The van der Waals surface area contributed by atoms with Crippen molar-refractivity contribution in [3.05, 3.63) is 63.9 Å². The van der Waals surface area contributed by atoms with Crippen LogP contribution in [-0.2, 0) is 10.4 Å². The zero-order valence-electron chi connectivity index (χ0n) is 12.9. The lowest BCUT2D eigenvalue weighted by Crippen LogP contribution is -2.37. The van der Waals surface area contributed by atoms with E-state index in [-0.39, 0.29) is 12.5 Å². The van der Waals surface area contributed by atoms with Crippen molar-refractivity contribution in [3.8, 4) is 0 Å². The van der Waals surface area contributed by atoms with Gasteiger partial charge in [0.1, 0.15) is 5.60 Å². The molecule has 0 spiro atoms. The van der Waals surface area contributed by atoms with Crippen LogP contribution in [0.15, 0.2) is 47.9 Å². The highest BCUT2D eigenvalue weighted by Crippen LogP contribution is 2.24. The van der Waals surface area contributed by atoms with Gasteiger partial charge in [-0.15, -0.1) is 11.3 Å². The molecule has 116 valence electrons. The molecular formula is C18H21NO2S. The van der Waals surface area contributed by atoms with Crippen LogP contribution >= 0.6 is 11.3 Å². The highest BCUT2D eigenvalue weighted by Gasteiger charge is 2.24. The van der Waals surface area contributed by atoms with E-state index < -0.39 is 5.60 Å². The van der Waals surface area contributed by atoms with Crippen LogP contribution in [0, 0.1) is 6.92 Å². The Balaban J connectivity index is 1.79. The van der Waals surface area contributed by atoms with Crippen LogP contribution in [-0.4, -0.2) is 17.6 Å². The predicted octanol–water partition coefficient (Wildman–Crippen LogP) is 3.48. The maximum absolute atomic E-state index is 11.8. The molecular weight excluding hydrogens is 294 g/mol. The van der Waals surface area contributed by atoms with Crippen LogP contribution in [0.25, 0.3) is 6.08 Å². The number of hydrogen-bond donors (Lipinski definition) is 2. The van der Waals surface area contributed by atoms with Gasteiger partial charge >= 0.3 is 0 Å². The lowest BCUT2D eigenvalue weighted by Gasteiger charge is -2.22. The first-order valence-electron chi connectivity index (χ1n) is 7.24. The first-order valence-corrected chi connectivity index (χ1v) is 8.11. The summed E-state index contributed by atoms with van der Waals surface area (Å²) in [6.45, 7) is 3.96. The number of amides is 1. The van der Waals surface area contributed by atoms with Gasteiger partial charge in [-0.25, -0.2) is 0 Å². The number of carbonyl (C=O) groups excluding carboxylic acids is 1. The second kappa shape index (κ2) is 7.38. The molecule has 1 atom stereocenters. The van der Waals surface area contributed by atoms with E-state index in [1.807, 2.05) is 60.9 Å². The standard InChI is InChI=1S/C18H21NO2S/c1-14-8-10-15(11-9-14)5-3-7-17(20)19-13-18(2,21)16-6-4-12-22-16/h3-6,8-12,21H,7,13H2,1-2H3,(H,19,20). The summed E-state index contributed by atoms with van der Waals surface area (Å²) < 4.78 is 0. The van der Waals surface area contributed by atoms with Gasteiger partial charge in [0.2, 0.25) is 5.91 Å². The van der Waals surface area contributed by atoms with Crippen molar-refractivity contribution in [1.29, 1.82) is 0 Å². The molecule has 0 aliphatic heterocycles. The molecule has 22 heavy (non-hydrogen) atoms. The van der Waals surface area contributed by atoms with E-state index in [2.05, 4.69) is 5.32 Å². The molecule has 2 rings (SSSR count). The molecule has 0 radical (unpaired) electrons. The highest BCUT2D eigenvalue weighted by molar-refractivity contribution is 7.10. The van der Waals surface area contributed by atoms with Gasteiger partial charge in [-0.2, -0.15) is 0 Å². The number of nitrogens with one attached hydrogen (secondary N) is 1. The fourth-order valence-corrected chi connectivity index (χ4v) is 2.78. The zero-order chi connectivity index (χ0) is 16.0. The van der Waals surface area contributed by atoms with E-state index in [4.69, 9.17) is 0 Å². The average molecular weight is 315 g/mol. The van der Waals surface area contributed by atoms with Gasteiger partial charge in [-0.1, -0.05) is 48.0 Å². The van der Waals surface area contributed by atoms with Crippen molar-refractivity contribution >= 4 is 23.3 Å². The molecule has 0 saturated heterocycles. The number of benzene rings is 1. The van der Waals surface area contributed by atoms with Gasteiger partial charge in [-0.3, -0.25) is 4.79 Å². The van der Waals surface area contributed by atoms with E-state index in [0.717, 1.165) is 10.4 Å². The molecule has 2 aromatic rings. The molecule has 0 aliphatic carbocycles. The number of thiophene rings is 1. The van der Waals surface area contributed by atoms with Crippen molar-refractivity contribution in [3.63, 3.8) is 0 Å². The third kappa shape index (κ3) is 4.83. The minimum atomic E-state index is -1.02. The highest BCUT2D eigenvalue weighted by atomic mass is 32.1.